The molecule has 0 atom stereocenters. The number of nitrogens with one attached hydrogen (secondary N) is 2. The van der Waals surface area contributed by atoms with Crippen LogP contribution in [0.5, 0.6) is 0 Å². The summed E-state index contributed by atoms with van der Waals surface area (Å²) < 4.78 is 29.4. The minimum atomic E-state index is -3.94. The number of anilines is 2. The third-order valence-corrected chi connectivity index (χ3v) is 8.53. The molecule has 0 bridgehead atoms. The van der Waals surface area contributed by atoms with Crippen molar-refractivity contribution >= 4 is 38.2 Å². The first-order valence-corrected chi connectivity index (χ1v) is 14.9. The number of aromatic nitrogens is 1. The van der Waals surface area contributed by atoms with E-state index in [1.807, 2.05) is 38.1 Å². The summed E-state index contributed by atoms with van der Waals surface area (Å²) in [6, 6.07) is 24.4. The van der Waals surface area contributed by atoms with Gasteiger partial charge in [-0.2, -0.15) is 0 Å². The molecular weight excluding hydrogens is 508 g/mol. The average molecular weight is 543 g/mol. The van der Waals surface area contributed by atoms with Gasteiger partial charge in [-0.25, -0.2) is 8.42 Å². The monoisotopic (exact) mass is 542 g/mol. The fourth-order valence-corrected chi connectivity index (χ4v) is 6.46. The van der Waals surface area contributed by atoms with Crippen LogP contribution in [-0.2, 0) is 16.4 Å². The van der Waals surface area contributed by atoms with Gasteiger partial charge in [0.2, 0.25) is 0 Å². The van der Waals surface area contributed by atoms with E-state index in [1.54, 1.807) is 30.5 Å². The maximum atomic E-state index is 13.4. The molecule has 0 aliphatic carbocycles. The molecule has 202 valence electrons. The molecule has 7 nitrogen and oxygen atoms in total. The molecule has 3 aromatic carbocycles. The van der Waals surface area contributed by atoms with Gasteiger partial charge in [0.05, 0.1) is 11.1 Å². The van der Waals surface area contributed by atoms with E-state index in [2.05, 4.69) is 44.2 Å². The average Bonchev–Trinajstić information content (AvgIpc) is 2.93. The Labute approximate surface area is 230 Å². The lowest BCUT2D eigenvalue weighted by molar-refractivity contribution is 0.0943. The van der Waals surface area contributed by atoms with E-state index < -0.39 is 10.0 Å². The summed E-state index contributed by atoms with van der Waals surface area (Å²) in [4.78, 5) is 19.9. The van der Waals surface area contributed by atoms with Crippen molar-refractivity contribution in [3.05, 3.63) is 96.2 Å². The highest BCUT2D eigenvalue weighted by atomic mass is 32.2. The number of pyridine rings is 1. The number of carbonyl (C=O) groups excluding carboxylic acids is 1. The van der Waals surface area contributed by atoms with Gasteiger partial charge in [-0.15, -0.1) is 0 Å². The van der Waals surface area contributed by atoms with E-state index in [1.165, 1.54) is 11.6 Å². The Kier molecular flexibility index (Phi) is 7.84. The van der Waals surface area contributed by atoms with Crippen molar-refractivity contribution in [1.82, 2.24) is 10.3 Å². The van der Waals surface area contributed by atoms with Gasteiger partial charge in [0.15, 0.2) is 0 Å². The molecule has 1 fully saturated rings. The summed E-state index contributed by atoms with van der Waals surface area (Å²) in [5.74, 6) is 0.372. The van der Waals surface area contributed by atoms with E-state index in [0.717, 1.165) is 43.4 Å². The van der Waals surface area contributed by atoms with Crippen LogP contribution in [0.4, 0.5) is 11.4 Å². The summed E-state index contributed by atoms with van der Waals surface area (Å²) in [5.41, 5.74) is 3.37. The lowest BCUT2D eigenvalue weighted by Gasteiger charge is -2.35. The van der Waals surface area contributed by atoms with Gasteiger partial charge in [0.25, 0.3) is 15.9 Å². The third-order valence-electron chi connectivity index (χ3n) is 7.12. The quantitative estimate of drug-likeness (QED) is 0.301. The molecule has 1 aliphatic heterocycles. The second-order valence-corrected chi connectivity index (χ2v) is 12.1. The minimum absolute atomic E-state index is 0.0518. The van der Waals surface area contributed by atoms with E-state index in [4.69, 9.17) is 0 Å². The highest BCUT2D eigenvalue weighted by Crippen LogP contribution is 2.31. The van der Waals surface area contributed by atoms with Crippen LogP contribution >= 0.6 is 0 Å². The van der Waals surface area contributed by atoms with Crippen LogP contribution < -0.4 is 14.9 Å². The van der Waals surface area contributed by atoms with Crippen molar-refractivity contribution in [3.8, 4) is 0 Å². The second kappa shape index (κ2) is 11.5. The van der Waals surface area contributed by atoms with Crippen LogP contribution in [0.1, 0.15) is 42.6 Å². The van der Waals surface area contributed by atoms with Gasteiger partial charge in [-0.3, -0.25) is 14.5 Å². The number of hydrogen-bond donors (Lipinski definition) is 2. The molecule has 0 unspecified atom stereocenters. The van der Waals surface area contributed by atoms with E-state index in [9.17, 15) is 13.2 Å². The molecule has 1 aromatic heterocycles. The zero-order valence-electron chi connectivity index (χ0n) is 22.3. The zero-order chi connectivity index (χ0) is 27.4. The highest BCUT2D eigenvalue weighted by Gasteiger charge is 2.25. The van der Waals surface area contributed by atoms with Gasteiger partial charge in [-0.05, 0) is 74.9 Å². The van der Waals surface area contributed by atoms with Crippen molar-refractivity contribution < 1.29 is 13.2 Å². The Hall–Kier alpha value is -3.91. The lowest BCUT2D eigenvalue weighted by Crippen LogP contribution is -2.37. The van der Waals surface area contributed by atoms with Crippen molar-refractivity contribution in [2.45, 2.75) is 44.0 Å². The Morgan fingerprint density at radius 1 is 0.974 bits per heavy atom. The topological polar surface area (TPSA) is 91.4 Å². The number of para-hydroxylation sites is 1. The largest absolute Gasteiger partial charge is 0.371 e. The zero-order valence-corrected chi connectivity index (χ0v) is 23.1. The fraction of sp³-hybridized carbons (Fsp3) is 0.290. The van der Waals surface area contributed by atoms with Crippen LogP contribution in [0.3, 0.4) is 0 Å². The Bertz CT molecular complexity index is 1560. The van der Waals surface area contributed by atoms with Gasteiger partial charge in [0, 0.05) is 42.1 Å². The predicted molar refractivity (Wildman–Crippen MR) is 157 cm³/mol. The first-order valence-electron chi connectivity index (χ1n) is 13.4. The number of fused-ring (bicyclic) bond motifs is 1. The van der Waals surface area contributed by atoms with Crippen LogP contribution in [-0.4, -0.2) is 38.4 Å². The van der Waals surface area contributed by atoms with Crippen LogP contribution in [0, 0.1) is 5.92 Å². The van der Waals surface area contributed by atoms with Gasteiger partial charge < -0.3 is 10.2 Å². The molecule has 5 rings (SSSR count). The summed E-state index contributed by atoms with van der Waals surface area (Å²) in [5, 5.41) is 3.71. The molecule has 0 saturated carbocycles. The van der Waals surface area contributed by atoms with Gasteiger partial charge >= 0.3 is 0 Å². The number of rotatable bonds is 8. The van der Waals surface area contributed by atoms with Crippen LogP contribution in [0.2, 0.25) is 0 Å². The summed E-state index contributed by atoms with van der Waals surface area (Å²) in [7, 11) is -3.94. The second-order valence-electron chi connectivity index (χ2n) is 10.4. The van der Waals surface area contributed by atoms with Gasteiger partial charge in [-0.1, -0.05) is 48.5 Å². The van der Waals surface area contributed by atoms with E-state index in [-0.39, 0.29) is 16.8 Å². The normalized spacial score (nSPS) is 14.5. The smallest absolute Gasteiger partial charge is 0.264 e. The molecule has 1 saturated heterocycles. The number of nitrogens with zero attached hydrogens (tertiary/aromatic N) is 2. The molecule has 4 aromatic rings. The lowest BCUT2D eigenvalue weighted by atomic mass is 9.89. The molecule has 0 spiro atoms. The molecule has 2 heterocycles. The SMILES string of the molecule is CC(C)NC(=O)c1cc(NS(=O)(=O)c2cccc3cccnc23)ccc1N1CCC(Cc2ccccc2)CC1. The van der Waals surface area contributed by atoms with E-state index in [0.29, 0.717) is 22.7 Å². The summed E-state index contributed by atoms with van der Waals surface area (Å²) in [6.07, 6.45) is 4.69. The Morgan fingerprint density at radius 3 is 2.46 bits per heavy atom. The first-order chi connectivity index (χ1) is 18.8. The Morgan fingerprint density at radius 2 is 1.72 bits per heavy atom. The number of hydrogen-bond acceptors (Lipinski definition) is 5. The molecule has 39 heavy (non-hydrogen) atoms. The van der Waals surface area contributed by atoms with Crippen LogP contribution in [0.25, 0.3) is 10.9 Å². The van der Waals surface area contributed by atoms with Crippen LogP contribution in [0.15, 0.2) is 90.0 Å². The maximum Gasteiger partial charge on any atom is 0.264 e. The molecule has 2 N–H and O–H groups in total. The van der Waals surface area contributed by atoms with Gasteiger partial charge in [0.1, 0.15) is 4.90 Å². The third kappa shape index (κ3) is 6.23. The fourth-order valence-electron chi connectivity index (χ4n) is 5.23. The van der Waals surface area contributed by atoms with E-state index >= 15 is 0 Å². The molecular formula is C31H34N4O3S. The predicted octanol–water partition coefficient (Wildman–Crippen LogP) is 5.63. The molecule has 0 radical (unpaired) electrons. The number of piperidine rings is 1. The molecule has 1 amide bonds. The maximum absolute atomic E-state index is 13.4. The molecule has 8 heteroatoms. The highest BCUT2D eigenvalue weighted by molar-refractivity contribution is 7.93. The number of amides is 1. The van der Waals surface area contributed by atoms with Crippen molar-refractivity contribution in [3.63, 3.8) is 0 Å². The first kappa shape index (κ1) is 26.7. The number of sulfonamides is 1. The molecule has 1 aliphatic rings. The minimum Gasteiger partial charge on any atom is -0.371 e. The number of carbonyl (C=O) groups is 1. The summed E-state index contributed by atoms with van der Waals surface area (Å²) in [6.45, 7) is 5.50. The Balaban J connectivity index is 1.39. The standard InChI is InChI=1S/C31H34N4O3S/c1-22(2)33-31(36)27-21-26(34-39(37,38)29-12-6-10-25-11-7-17-32-30(25)29)13-14-28(27)35-18-15-24(16-19-35)20-23-8-4-3-5-9-23/h3-14,17,21-22,24,34H,15-16,18-20H2,1-2H3,(H,33,36). The van der Waals surface area contributed by atoms with Crippen molar-refractivity contribution in [1.29, 1.82) is 0 Å². The summed E-state index contributed by atoms with van der Waals surface area (Å²) >= 11 is 0. The van der Waals surface area contributed by atoms with Crippen molar-refractivity contribution in [2.24, 2.45) is 5.92 Å². The van der Waals surface area contributed by atoms with Crippen molar-refractivity contribution in [2.75, 3.05) is 22.7 Å². The number of benzene rings is 3.